The monoisotopic (exact) mass is 418 g/mol. The summed E-state index contributed by atoms with van der Waals surface area (Å²) in [5.74, 6) is 1.46. The van der Waals surface area contributed by atoms with Crippen molar-refractivity contribution in [3.05, 3.63) is 54.6 Å². The molecule has 1 rings (SSSR count). The number of unbranched alkanes of at least 4 members (excludes halogenated alkanes) is 1. The summed E-state index contributed by atoms with van der Waals surface area (Å²) < 4.78 is 0. The highest BCUT2D eigenvalue weighted by molar-refractivity contribution is 5.65. The molecule has 1 aromatic carbocycles. The van der Waals surface area contributed by atoms with E-state index < -0.39 is 0 Å². The van der Waals surface area contributed by atoms with Crippen LogP contribution < -0.4 is 0 Å². The first-order valence-corrected chi connectivity index (χ1v) is 12.7. The van der Waals surface area contributed by atoms with Gasteiger partial charge in [0.25, 0.3) is 0 Å². The Morgan fingerprint density at radius 1 is 0.833 bits per heavy atom. The smallest absolute Gasteiger partial charge is 0.0100 e. The number of benzene rings is 1. The van der Waals surface area contributed by atoms with Gasteiger partial charge in [0.05, 0.1) is 0 Å². The summed E-state index contributed by atoms with van der Waals surface area (Å²) in [4.78, 5) is 0. The summed E-state index contributed by atoms with van der Waals surface area (Å²) in [5, 5.41) is 0. The van der Waals surface area contributed by atoms with Crippen molar-refractivity contribution in [1.29, 1.82) is 0 Å². The van der Waals surface area contributed by atoms with Crippen LogP contribution in [0.25, 0.3) is 5.57 Å². The zero-order chi connectivity index (χ0) is 24.4. The summed E-state index contributed by atoms with van der Waals surface area (Å²) in [5.41, 5.74) is 3.84. The average molecular weight is 419 g/mol. The van der Waals surface area contributed by atoms with Gasteiger partial charge in [0.15, 0.2) is 0 Å². The minimum atomic E-state index is 0.579. The highest BCUT2D eigenvalue weighted by atomic mass is 14.1. The van der Waals surface area contributed by atoms with Crippen LogP contribution in [0.2, 0.25) is 0 Å². The molecule has 0 aliphatic carbocycles. The topological polar surface area (TPSA) is 0 Å². The van der Waals surface area contributed by atoms with Gasteiger partial charge in [-0.05, 0) is 41.4 Å². The molecule has 0 bridgehead atoms. The zero-order valence-electron chi connectivity index (χ0n) is 22.9. The van der Waals surface area contributed by atoms with Crippen molar-refractivity contribution in [1.82, 2.24) is 0 Å². The Morgan fingerprint density at radius 3 is 1.50 bits per heavy atom. The van der Waals surface area contributed by atoms with E-state index in [4.69, 9.17) is 0 Å². The largest absolute Gasteiger partial charge is 0.103 e. The third kappa shape index (κ3) is 26.7. The second-order valence-electron chi connectivity index (χ2n) is 7.91. The van der Waals surface area contributed by atoms with Crippen LogP contribution in [0.4, 0.5) is 0 Å². The van der Waals surface area contributed by atoms with Gasteiger partial charge in [0.1, 0.15) is 0 Å². The van der Waals surface area contributed by atoms with Crippen LogP contribution in [0.1, 0.15) is 126 Å². The van der Waals surface area contributed by atoms with Gasteiger partial charge in [0, 0.05) is 0 Å². The molecule has 0 spiro atoms. The Hall–Kier alpha value is -1.30. The number of rotatable bonds is 8. The fourth-order valence-electron chi connectivity index (χ4n) is 1.91. The van der Waals surface area contributed by atoms with E-state index in [9.17, 15) is 0 Å². The predicted octanol–water partition coefficient (Wildman–Crippen LogP) is 11.2. The molecule has 0 heteroatoms. The van der Waals surface area contributed by atoms with Gasteiger partial charge in [-0.15, -0.1) is 6.58 Å². The van der Waals surface area contributed by atoms with Gasteiger partial charge in [-0.3, -0.25) is 0 Å². The maximum absolute atomic E-state index is 4.20. The van der Waals surface area contributed by atoms with Crippen molar-refractivity contribution in [2.45, 2.75) is 121 Å². The SMILES string of the molecule is C=CCc1ccc(C(=C)C(C)CCC)cc1.CC.CCC.CCC(C)C.CCCC. The van der Waals surface area contributed by atoms with Crippen LogP contribution >= 0.6 is 0 Å². The Bertz CT molecular complexity index is 434. The molecule has 178 valence electrons. The van der Waals surface area contributed by atoms with E-state index in [-0.39, 0.29) is 0 Å². The van der Waals surface area contributed by atoms with Crippen molar-refractivity contribution in [2.24, 2.45) is 11.8 Å². The van der Waals surface area contributed by atoms with Gasteiger partial charge in [-0.2, -0.15) is 0 Å². The van der Waals surface area contributed by atoms with E-state index in [1.54, 1.807) is 0 Å². The van der Waals surface area contributed by atoms with Crippen molar-refractivity contribution in [3.8, 4) is 0 Å². The van der Waals surface area contributed by atoms with Gasteiger partial charge in [-0.1, -0.05) is 145 Å². The highest BCUT2D eigenvalue weighted by Gasteiger charge is 2.07. The summed E-state index contributed by atoms with van der Waals surface area (Å²) in [6, 6.07) is 8.68. The third-order valence-corrected chi connectivity index (χ3v) is 4.34. The fraction of sp³-hybridized carbons (Fsp3) is 0.667. The lowest BCUT2D eigenvalue weighted by Gasteiger charge is -2.14. The number of allylic oxidation sites excluding steroid dienone is 2. The molecule has 0 saturated carbocycles. The molecular formula is C30H58. The molecule has 0 aliphatic rings. The van der Waals surface area contributed by atoms with E-state index in [0.29, 0.717) is 5.92 Å². The van der Waals surface area contributed by atoms with E-state index in [2.05, 4.69) is 99.7 Å². The summed E-state index contributed by atoms with van der Waals surface area (Å²) in [6.45, 7) is 31.7. The second-order valence-corrected chi connectivity index (χ2v) is 7.91. The molecule has 0 aliphatic heterocycles. The molecule has 0 heterocycles. The van der Waals surface area contributed by atoms with Crippen LogP contribution in [-0.2, 0) is 6.42 Å². The fourth-order valence-corrected chi connectivity index (χ4v) is 1.91. The van der Waals surface area contributed by atoms with Crippen LogP contribution in [0, 0.1) is 11.8 Å². The summed E-state index contributed by atoms with van der Waals surface area (Å²) in [6.07, 6.45) is 10.5. The Labute approximate surface area is 193 Å². The van der Waals surface area contributed by atoms with Crippen LogP contribution in [0.3, 0.4) is 0 Å². The average Bonchev–Trinajstić information content (AvgIpc) is 2.76. The van der Waals surface area contributed by atoms with Crippen LogP contribution in [-0.4, -0.2) is 0 Å². The summed E-state index contributed by atoms with van der Waals surface area (Å²) in [7, 11) is 0. The van der Waals surface area contributed by atoms with Gasteiger partial charge < -0.3 is 0 Å². The molecular weight excluding hydrogens is 360 g/mol. The molecule has 0 radical (unpaired) electrons. The second kappa shape index (κ2) is 29.9. The molecule has 30 heavy (non-hydrogen) atoms. The molecule has 0 fully saturated rings. The highest BCUT2D eigenvalue weighted by Crippen LogP contribution is 2.25. The lowest BCUT2D eigenvalue weighted by Crippen LogP contribution is -1.97. The zero-order valence-corrected chi connectivity index (χ0v) is 22.9. The van der Waals surface area contributed by atoms with Crippen LogP contribution in [0.15, 0.2) is 43.5 Å². The predicted molar refractivity (Wildman–Crippen MR) is 146 cm³/mol. The lowest BCUT2D eigenvalue weighted by molar-refractivity contribution is 0.626. The van der Waals surface area contributed by atoms with Crippen molar-refractivity contribution < 1.29 is 0 Å². The normalized spacial score (nSPS) is 9.87. The first-order chi connectivity index (χ1) is 14.3. The van der Waals surface area contributed by atoms with Gasteiger partial charge in [0.2, 0.25) is 0 Å². The number of hydrogen-bond donors (Lipinski definition) is 0. The van der Waals surface area contributed by atoms with Crippen LogP contribution in [0.5, 0.6) is 0 Å². The molecule has 0 aromatic heterocycles. The first-order valence-electron chi connectivity index (χ1n) is 12.7. The standard InChI is InChI=1S/C16H22.C5H12.C4H10.C3H8.C2H6/c1-5-7-13(3)14(4)16-11-9-15(8-6-2)10-12-16;1-4-5(2)3;1-3-4-2;1-3-2;1-2/h6,9-13H,2,4-5,7-8H2,1,3H3;5H,4H2,1-3H3;3-4H2,1-2H3;3H2,1-2H3;1-2H3. The van der Waals surface area contributed by atoms with E-state index >= 15 is 0 Å². The molecule has 0 saturated heterocycles. The molecule has 1 unspecified atom stereocenters. The lowest BCUT2D eigenvalue weighted by atomic mass is 9.91. The number of hydrogen-bond acceptors (Lipinski definition) is 0. The minimum Gasteiger partial charge on any atom is -0.103 e. The molecule has 1 atom stereocenters. The van der Waals surface area contributed by atoms with Gasteiger partial charge in [-0.25, -0.2) is 0 Å². The quantitative estimate of drug-likeness (QED) is 0.368. The molecule has 0 amide bonds. The van der Waals surface area contributed by atoms with Crippen molar-refractivity contribution >= 4 is 5.57 Å². The molecule has 1 aromatic rings. The molecule has 0 N–H and O–H groups in total. The maximum atomic E-state index is 4.20. The van der Waals surface area contributed by atoms with Gasteiger partial charge >= 0.3 is 0 Å². The van der Waals surface area contributed by atoms with Crippen molar-refractivity contribution in [2.75, 3.05) is 0 Å². The minimum absolute atomic E-state index is 0.579. The van der Waals surface area contributed by atoms with E-state index in [1.165, 1.54) is 55.2 Å². The Balaban J connectivity index is -0.000000199. The maximum Gasteiger partial charge on any atom is -0.0100 e. The van der Waals surface area contributed by atoms with E-state index in [0.717, 1.165) is 12.3 Å². The molecule has 0 nitrogen and oxygen atoms in total. The Morgan fingerprint density at radius 2 is 1.23 bits per heavy atom. The third-order valence-electron chi connectivity index (χ3n) is 4.34. The van der Waals surface area contributed by atoms with E-state index in [1.807, 2.05) is 19.9 Å². The Kier molecular flexibility index (Phi) is 36.0. The first kappa shape index (κ1) is 36.1. The van der Waals surface area contributed by atoms with Crippen molar-refractivity contribution in [3.63, 3.8) is 0 Å². The summed E-state index contributed by atoms with van der Waals surface area (Å²) >= 11 is 0.